The van der Waals surface area contributed by atoms with E-state index in [0.29, 0.717) is 29.9 Å². The van der Waals surface area contributed by atoms with Crippen LogP contribution in [0.3, 0.4) is 0 Å². The second-order valence-corrected chi connectivity index (χ2v) is 10.9. The van der Waals surface area contributed by atoms with Crippen molar-refractivity contribution in [2.45, 2.75) is 116 Å². The molecule has 1 unspecified atom stereocenters. The van der Waals surface area contributed by atoms with E-state index in [1.165, 1.54) is 38.5 Å². The molecule has 2 aliphatic rings. The van der Waals surface area contributed by atoms with Crippen LogP contribution in [0.2, 0.25) is 0 Å². The number of imidazole rings is 1. The molecule has 1 aromatic heterocycles. The summed E-state index contributed by atoms with van der Waals surface area (Å²) in [5.74, 6) is 0.941. The second kappa shape index (κ2) is 12.0. The number of nitrogens with zero attached hydrogens (tertiary/aromatic N) is 2. The van der Waals surface area contributed by atoms with Crippen LogP contribution < -0.4 is 5.32 Å². The lowest BCUT2D eigenvalue weighted by atomic mass is 9.85. The van der Waals surface area contributed by atoms with E-state index in [1.54, 1.807) is 0 Å². The number of benzene rings is 1. The van der Waals surface area contributed by atoms with E-state index in [4.69, 9.17) is 4.98 Å². The molecule has 2 saturated carbocycles. The number of carbonyl (C=O) groups is 2. The SMILES string of the molecule is CCC(CC)n1c(CC2CCCCC2)nc2cc(C(=O)NC(CC3CCCCC3)C(=O)O)ccc21. The first-order chi connectivity index (χ1) is 17.0. The van der Waals surface area contributed by atoms with Gasteiger partial charge >= 0.3 is 5.97 Å². The molecule has 6 heteroatoms. The third-order valence-electron chi connectivity index (χ3n) is 8.43. The van der Waals surface area contributed by atoms with Gasteiger partial charge < -0.3 is 15.0 Å². The van der Waals surface area contributed by atoms with Gasteiger partial charge in [-0.05, 0) is 49.3 Å². The summed E-state index contributed by atoms with van der Waals surface area (Å²) in [7, 11) is 0. The molecule has 2 N–H and O–H groups in total. The molecule has 0 radical (unpaired) electrons. The van der Waals surface area contributed by atoms with E-state index < -0.39 is 12.0 Å². The molecule has 35 heavy (non-hydrogen) atoms. The van der Waals surface area contributed by atoms with Crippen molar-refractivity contribution in [2.24, 2.45) is 11.8 Å². The van der Waals surface area contributed by atoms with Gasteiger partial charge in [-0.25, -0.2) is 9.78 Å². The van der Waals surface area contributed by atoms with Crippen LogP contribution in [0.15, 0.2) is 18.2 Å². The lowest BCUT2D eigenvalue weighted by molar-refractivity contribution is -0.139. The topological polar surface area (TPSA) is 84.2 Å². The maximum atomic E-state index is 13.1. The van der Waals surface area contributed by atoms with Gasteiger partial charge in [0.15, 0.2) is 0 Å². The van der Waals surface area contributed by atoms with Crippen LogP contribution in [-0.2, 0) is 11.2 Å². The van der Waals surface area contributed by atoms with Crippen LogP contribution in [0, 0.1) is 11.8 Å². The largest absolute Gasteiger partial charge is 0.480 e. The Morgan fingerprint density at radius 1 is 1.00 bits per heavy atom. The lowest BCUT2D eigenvalue weighted by Crippen LogP contribution is -2.42. The van der Waals surface area contributed by atoms with Gasteiger partial charge in [0.05, 0.1) is 11.0 Å². The minimum absolute atomic E-state index is 0.318. The molecule has 2 aliphatic carbocycles. The van der Waals surface area contributed by atoms with Crippen molar-refractivity contribution in [3.05, 3.63) is 29.6 Å². The minimum atomic E-state index is -0.946. The number of carbonyl (C=O) groups excluding carboxylic acids is 1. The standard InChI is InChI=1S/C29H43N3O3/c1-3-23(4-2)32-26-16-15-22(19-24(26)30-27(32)18-21-13-9-6-10-14-21)28(33)31-25(29(34)35)17-20-11-7-5-8-12-20/h15-16,19-21,23,25H,3-14,17-18H2,1-2H3,(H,31,33)(H,34,35). The number of carboxylic acids is 1. The van der Waals surface area contributed by atoms with Crippen molar-refractivity contribution in [2.75, 3.05) is 0 Å². The van der Waals surface area contributed by atoms with Crippen molar-refractivity contribution >= 4 is 22.9 Å². The van der Waals surface area contributed by atoms with E-state index in [-0.39, 0.29) is 5.91 Å². The monoisotopic (exact) mass is 481 g/mol. The highest BCUT2D eigenvalue weighted by Crippen LogP contribution is 2.32. The first kappa shape index (κ1) is 25.7. The number of amides is 1. The summed E-state index contributed by atoms with van der Waals surface area (Å²) in [5, 5.41) is 12.6. The molecule has 0 spiro atoms. The molecule has 4 rings (SSSR count). The predicted octanol–water partition coefficient (Wildman–Crippen LogP) is 6.67. The van der Waals surface area contributed by atoms with E-state index in [0.717, 1.165) is 61.8 Å². The molecular formula is C29H43N3O3. The Balaban J connectivity index is 1.56. The van der Waals surface area contributed by atoms with Gasteiger partial charge in [-0.2, -0.15) is 0 Å². The van der Waals surface area contributed by atoms with Gasteiger partial charge in [0.2, 0.25) is 0 Å². The van der Waals surface area contributed by atoms with Gasteiger partial charge in [-0.3, -0.25) is 4.79 Å². The van der Waals surface area contributed by atoms with E-state index in [2.05, 4.69) is 23.7 Å². The average Bonchev–Trinajstić information content (AvgIpc) is 3.22. The number of carboxylic acid groups (broad SMARTS) is 1. The summed E-state index contributed by atoms with van der Waals surface area (Å²) < 4.78 is 2.41. The predicted molar refractivity (Wildman–Crippen MR) is 140 cm³/mol. The molecule has 2 aromatic rings. The molecule has 192 valence electrons. The molecule has 1 heterocycles. The Morgan fingerprint density at radius 3 is 2.23 bits per heavy atom. The van der Waals surface area contributed by atoms with E-state index in [1.807, 2.05) is 18.2 Å². The van der Waals surface area contributed by atoms with E-state index in [9.17, 15) is 14.7 Å². The van der Waals surface area contributed by atoms with E-state index >= 15 is 0 Å². The number of rotatable bonds is 10. The first-order valence-electron chi connectivity index (χ1n) is 14.0. The fraction of sp³-hybridized carbons (Fsp3) is 0.690. The zero-order chi connectivity index (χ0) is 24.8. The van der Waals surface area contributed by atoms with Gasteiger partial charge in [-0.15, -0.1) is 0 Å². The summed E-state index contributed by atoms with van der Waals surface area (Å²) >= 11 is 0. The van der Waals surface area contributed by atoms with Crippen LogP contribution in [-0.4, -0.2) is 32.6 Å². The molecule has 1 amide bonds. The molecule has 0 aliphatic heterocycles. The number of hydrogen-bond acceptors (Lipinski definition) is 3. The Bertz CT molecular complexity index is 998. The number of fused-ring (bicyclic) bond motifs is 1. The molecule has 0 bridgehead atoms. The molecule has 2 fully saturated rings. The zero-order valence-electron chi connectivity index (χ0n) is 21.6. The highest BCUT2D eigenvalue weighted by Gasteiger charge is 2.27. The molecule has 1 atom stereocenters. The maximum Gasteiger partial charge on any atom is 0.326 e. The van der Waals surface area contributed by atoms with Crippen LogP contribution >= 0.6 is 0 Å². The fourth-order valence-electron chi connectivity index (χ4n) is 6.36. The summed E-state index contributed by atoms with van der Waals surface area (Å²) in [6, 6.07) is 5.25. The molecular weight excluding hydrogens is 438 g/mol. The normalized spacial score (nSPS) is 18.7. The van der Waals surface area contributed by atoms with Gasteiger partial charge in [0.1, 0.15) is 11.9 Å². The zero-order valence-corrected chi connectivity index (χ0v) is 21.6. The summed E-state index contributed by atoms with van der Waals surface area (Å²) in [6.45, 7) is 4.45. The van der Waals surface area contributed by atoms with Crippen molar-refractivity contribution in [3.63, 3.8) is 0 Å². The van der Waals surface area contributed by atoms with Gasteiger partial charge in [0.25, 0.3) is 5.91 Å². The Morgan fingerprint density at radius 2 is 1.63 bits per heavy atom. The number of aliphatic carboxylic acids is 1. The van der Waals surface area contributed by atoms with Gasteiger partial charge in [-0.1, -0.05) is 78.1 Å². The van der Waals surface area contributed by atoms with Crippen LogP contribution in [0.1, 0.15) is 120 Å². The van der Waals surface area contributed by atoms with Crippen LogP contribution in [0.25, 0.3) is 11.0 Å². The van der Waals surface area contributed by atoms with Crippen molar-refractivity contribution < 1.29 is 14.7 Å². The first-order valence-corrected chi connectivity index (χ1v) is 14.0. The van der Waals surface area contributed by atoms with Crippen LogP contribution in [0.5, 0.6) is 0 Å². The molecule has 0 saturated heterocycles. The smallest absolute Gasteiger partial charge is 0.326 e. The third-order valence-corrected chi connectivity index (χ3v) is 8.43. The number of hydrogen-bond donors (Lipinski definition) is 2. The third kappa shape index (κ3) is 6.25. The summed E-state index contributed by atoms with van der Waals surface area (Å²) in [4.78, 5) is 30.0. The summed E-state index contributed by atoms with van der Waals surface area (Å²) in [6.07, 6.45) is 15.8. The van der Waals surface area contributed by atoms with Crippen molar-refractivity contribution in [1.29, 1.82) is 0 Å². The second-order valence-electron chi connectivity index (χ2n) is 10.9. The lowest BCUT2D eigenvalue weighted by Gasteiger charge is -2.25. The quantitative estimate of drug-likeness (QED) is 0.397. The fourth-order valence-corrected chi connectivity index (χ4v) is 6.36. The number of nitrogens with one attached hydrogen (secondary N) is 1. The Labute approximate surface area is 209 Å². The van der Waals surface area contributed by atoms with Crippen LogP contribution in [0.4, 0.5) is 0 Å². The highest BCUT2D eigenvalue weighted by molar-refractivity contribution is 5.99. The van der Waals surface area contributed by atoms with Crippen molar-refractivity contribution in [3.8, 4) is 0 Å². The van der Waals surface area contributed by atoms with Gasteiger partial charge in [0, 0.05) is 18.0 Å². The highest BCUT2D eigenvalue weighted by atomic mass is 16.4. The maximum absolute atomic E-state index is 13.1. The molecule has 1 aromatic carbocycles. The molecule has 6 nitrogen and oxygen atoms in total. The summed E-state index contributed by atoms with van der Waals surface area (Å²) in [5.41, 5.74) is 2.42. The number of aromatic nitrogens is 2. The van der Waals surface area contributed by atoms with Crippen molar-refractivity contribution in [1.82, 2.24) is 14.9 Å². The Hall–Kier alpha value is -2.37. The Kier molecular flexibility index (Phi) is 8.85. The minimum Gasteiger partial charge on any atom is -0.480 e. The average molecular weight is 482 g/mol.